The highest BCUT2D eigenvalue weighted by Gasteiger charge is 2.75. The minimum absolute atomic E-state index is 0.201. The van der Waals surface area contributed by atoms with Crippen molar-refractivity contribution in [2.75, 3.05) is 11.5 Å². The van der Waals surface area contributed by atoms with Crippen molar-refractivity contribution in [3.63, 3.8) is 0 Å². The topological polar surface area (TPSA) is 92.5 Å². The lowest BCUT2D eigenvalue weighted by molar-refractivity contribution is -0.132. The zero-order valence-corrected chi connectivity index (χ0v) is 21.9. The van der Waals surface area contributed by atoms with Crippen LogP contribution in [0.25, 0.3) is 10.8 Å². The maximum Gasteiger partial charge on any atom is 0.240 e. The molecule has 0 radical (unpaired) electrons. The second-order valence-corrected chi connectivity index (χ2v) is 10.9. The van der Waals surface area contributed by atoms with Crippen LogP contribution < -0.4 is 9.64 Å². The Morgan fingerprint density at radius 2 is 1.76 bits per heavy atom. The molecule has 4 heterocycles. The predicted octanol–water partition coefficient (Wildman–Crippen LogP) is 5.83. The number of nitriles is 1. The summed E-state index contributed by atoms with van der Waals surface area (Å²) in [6.07, 6.45) is 6.10. The lowest BCUT2D eigenvalue weighted by Gasteiger charge is -2.31. The number of carbonyl (C=O) groups excluding carboxylic acids is 2. The fourth-order valence-corrected chi connectivity index (χ4v) is 6.94. The smallest absolute Gasteiger partial charge is 0.240 e. The molecule has 3 fully saturated rings. The molecule has 0 saturated carbocycles. The molecule has 0 spiro atoms. The third-order valence-corrected chi connectivity index (χ3v) is 8.73. The summed E-state index contributed by atoms with van der Waals surface area (Å²) in [5.74, 6) is -1.07. The number of imide groups is 1. The third kappa shape index (κ3) is 3.70. The molecule has 8 heteroatoms. The number of pyridine rings is 1. The number of fused-ring (bicyclic) bond motifs is 6. The van der Waals surface area contributed by atoms with Crippen LogP contribution in [0, 0.1) is 23.2 Å². The summed E-state index contributed by atoms with van der Waals surface area (Å²) in [5, 5.41) is 11.6. The number of amides is 2. The van der Waals surface area contributed by atoms with E-state index < -0.39 is 23.0 Å². The van der Waals surface area contributed by atoms with Crippen molar-refractivity contribution in [1.29, 1.82) is 5.26 Å². The molecule has 2 aromatic carbocycles. The van der Waals surface area contributed by atoms with E-state index >= 15 is 0 Å². The summed E-state index contributed by atoms with van der Waals surface area (Å²) < 4.78 is 12.7. The van der Waals surface area contributed by atoms with Crippen molar-refractivity contribution < 1.29 is 19.1 Å². The molecule has 6 rings (SSSR count). The van der Waals surface area contributed by atoms with Gasteiger partial charge in [-0.3, -0.25) is 9.59 Å². The second kappa shape index (κ2) is 9.37. The molecular weight excluding hydrogens is 502 g/mol. The van der Waals surface area contributed by atoms with Crippen molar-refractivity contribution >= 4 is 39.9 Å². The van der Waals surface area contributed by atoms with E-state index in [4.69, 9.17) is 21.1 Å². The number of unbranched alkanes of at least 4 members (excludes halogenated alkanes) is 1. The fourth-order valence-electron chi connectivity index (χ4n) is 6.83. The molecule has 2 amide bonds. The molecule has 0 unspecified atom stereocenters. The summed E-state index contributed by atoms with van der Waals surface area (Å²) in [5.41, 5.74) is -0.376. The average molecular weight is 530 g/mol. The number of nitrogens with zero attached hydrogens (tertiary/aromatic N) is 3. The number of halogens is 1. The van der Waals surface area contributed by atoms with E-state index in [-0.39, 0.29) is 11.8 Å². The molecule has 38 heavy (non-hydrogen) atoms. The zero-order valence-electron chi connectivity index (χ0n) is 21.2. The molecule has 0 aliphatic carbocycles. The molecule has 1 aromatic heterocycles. The Morgan fingerprint density at radius 1 is 1.05 bits per heavy atom. The summed E-state index contributed by atoms with van der Waals surface area (Å²) in [6, 6.07) is 16.5. The first-order valence-electron chi connectivity index (χ1n) is 13.2. The highest BCUT2D eigenvalue weighted by Crippen LogP contribution is 2.64. The number of hydrogen-bond donors (Lipinski definition) is 0. The van der Waals surface area contributed by atoms with E-state index in [9.17, 15) is 14.9 Å². The summed E-state index contributed by atoms with van der Waals surface area (Å²) in [4.78, 5) is 33.9. The average Bonchev–Trinajstić information content (AvgIpc) is 3.54. The van der Waals surface area contributed by atoms with Crippen molar-refractivity contribution in [3.8, 4) is 11.9 Å². The first-order valence-corrected chi connectivity index (χ1v) is 13.5. The zero-order chi connectivity index (χ0) is 26.5. The normalized spacial score (nSPS) is 27.7. The Hall–Kier alpha value is -3.47. The number of ether oxygens (including phenoxy) is 2. The van der Waals surface area contributed by atoms with Crippen LogP contribution >= 0.6 is 11.6 Å². The van der Waals surface area contributed by atoms with Crippen LogP contribution in [0.15, 0.2) is 54.7 Å². The largest absolute Gasteiger partial charge is 0.478 e. The van der Waals surface area contributed by atoms with Crippen molar-refractivity contribution in [2.45, 2.75) is 56.7 Å². The van der Waals surface area contributed by atoms with Gasteiger partial charge in [-0.1, -0.05) is 55.6 Å². The van der Waals surface area contributed by atoms with Gasteiger partial charge < -0.3 is 9.47 Å². The van der Waals surface area contributed by atoms with Gasteiger partial charge in [0, 0.05) is 29.5 Å². The third-order valence-electron chi connectivity index (χ3n) is 8.51. The van der Waals surface area contributed by atoms with E-state index in [0.29, 0.717) is 41.6 Å². The van der Waals surface area contributed by atoms with Gasteiger partial charge >= 0.3 is 0 Å². The molecular formula is C30H28ClN3O4. The molecule has 7 nitrogen and oxygen atoms in total. The number of anilines is 1. The van der Waals surface area contributed by atoms with Crippen LogP contribution in [0.2, 0.25) is 5.02 Å². The van der Waals surface area contributed by atoms with E-state index in [1.165, 1.54) is 11.1 Å². The lowest BCUT2D eigenvalue weighted by atomic mass is 9.65. The van der Waals surface area contributed by atoms with E-state index in [2.05, 4.69) is 18.0 Å². The second-order valence-electron chi connectivity index (χ2n) is 10.5. The van der Waals surface area contributed by atoms with Crippen LogP contribution in [-0.4, -0.2) is 34.6 Å². The van der Waals surface area contributed by atoms with Gasteiger partial charge in [0.25, 0.3) is 0 Å². The van der Waals surface area contributed by atoms with Gasteiger partial charge in [0.05, 0.1) is 52.0 Å². The number of carbonyl (C=O) groups is 2. The van der Waals surface area contributed by atoms with Crippen LogP contribution in [0.1, 0.15) is 51.0 Å². The standard InChI is InChI=1S/C30H28ClN3O4/c1-2-3-12-29-13-14-30(38-29,15-16-37-24-11-9-20(31)18-33-24)26-25(29)27(35)34(28(26)36)23-10-8-19(17-32)21-6-4-5-7-22(21)23/h4-11,18,25-26H,2-3,12-16H2,1H3/t25-,26+,29-,30-/m0/s1. The van der Waals surface area contributed by atoms with E-state index in [1.54, 1.807) is 24.3 Å². The van der Waals surface area contributed by atoms with E-state index in [1.807, 2.05) is 24.3 Å². The summed E-state index contributed by atoms with van der Waals surface area (Å²) >= 11 is 5.94. The molecule has 194 valence electrons. The fraction of sp³-hybridized carbons (Fsp3) is 0.400. The monoisotopic (exact) mass is 529 g/mol. The van der Waals surface area contributed by atoms with Crippen LogP contribution in [0.5, 0.6) is 5.88 Å². The molecule has 3 aliphatic heterocycles. The SMILES string of the molecule is CCCC[C@@]12CC[C@@](CCOc3ccc(Cl)cn3)(O1)[C@H]1C(=O)N(c3ccc(C#N)c4ccccc34)C(=O)[C@H]12. The van der Waals surface area contributed by atoms with Crippen molar-refractivity contribution in [3.05, 3.63) is 65.3 Å². The quantitative estimate of drug-likeness (QED) is 0.341. The Morgan fingerprint density at radius 3 is 2.42 bits per heavy atom. The lowest BCUT2D eigenvalue weighted by Crippen LogP contribution is -2.43. The van der Waals surface area contributed by atoms with Gasteiger partial charge in [-0.2, -0.15) is 5.26 Å². The van der Waals surface area contributed by atoms with E-state index in [0.717, 1.165) is 36.5 Å². The molecule has 3 aromatic rings. The predicted molar refractivity (Wildman–Crippen MR) is 143 cm³/mol. The number of benzene rings is 2. The number of hydrogen-bond acceptors (Lipinski definition) is 6. The number of aromatic nitrogens is 1. The van der Waals surface area contributed by atoms with Gasteiger partial charge in [0.2, 0.25) is 17.7 Å². The Bertz CT molecular complexity index is 1470. The first-order chi connectivity index (χ1) is 18.4. The van der Waals surface area contributed by atoms with Crippen LogP contribution in [0.3, 0.4) is 0 Å². The van der Waals surface area contributed by atoms with Gasteiger partial charge in [0.1, 0.15) is 0 Å². The van der Waals surface area contributed by atoms with Crippen molar-refractivity contribution in [1.82, 2.24) is 4.98 Å². The van der Waals surface area contributed by atoms with Gasteiger partial charge in [-0.25, -0.2) is 9.88 Å². The molecule has 0 N–H and O–H groups in total. The van der Waals surface area contributed by atoms with Gasteiger partial charge in [-0.05, 0) is 37.5 Å². The highest BCUT2D eigenvalue weighted by molar-refractivity contribution is 6.30. The van der Waals surface area contributed by atoms with Gasteiger partial charge in [-0.15, -0.1) is 0 Å². The molecule has 2 bridgehead atoms. The molecule has 3 saturated heterocycles. The van der Waals surface area contributed by atoms with Crippen LogP contribution in [-0.2, 0) is 14.3 Å². The Balaban J connectivity index is 1.36. The number of rotatable bonds is 8. The minimum Gasteiger partial charge on any atom is -0.478 e. The maximum absolute atomic E-state index is 14.2. The summed E-state index contributed by atoms with van der Waals surface area (Å²) in [6.45, 7) is 2.43. The minimum atomic E-state index is -0.769. The first kappa shape index (κ1) is 24.8. The maximum atomic E-state index is 14.2. The Labute approximate surface area is 226 Å². The highest BCUT2D eigenvalue weighted by atomic mass is 35.5. The molecule has 4 atom stereocenters. The summed E-state index contributed by atoms with van der Waals surface area (Å²) in [7, 11) is 0. The van der Waals surface area contributed by atoms with Crippen molar-refractivity contribution in [2.24, 2.45) is 11.8 Å². The molecule has 3 aliphatic rings. The Kier molecular flexibility index (Phi) is 6.13. The van der Waals surface area contributed by atoms with Crippen LogP contribution in [0.4, 0.5) is 5.69 Å². The van der Waals surface area contributed by atoms with Gasteiger partial charge in [0.15, 0.2) is 0 Å².